The highest BCUT2D eigenvalue weighted by atomic mass is 16.6. The Morgan fingerprint density at radius 1 is 0.943 bits per heavy atom. The van der Waals surface area contributed by atoms with E-state index in [1.807, 2.05) is 93.6 Å². The van der Waals surface area contributed by atoms with Gasteiger partial charge in [0.15, 0.2) is 11.5 Å². The van der Waals surface area contributed by atoms with Crippen LogP contribution in [0.4, 0.5) is 0 Å². The monoisotopic (exact) mass is 469 g/mol. The number of ether oxygens (including phenoxy) is 1. The quantitative estimate of drug-likeness (QED) is 0.532. The molecule has 2 N–H and O–H groups in total. The zero-order valence-electron chi connectivity index (χ0n) is 20.6. The number of guanidine groups is 1. The maximum absolute atomic E-state index is 13.5. The van der Waals surface area contributed by atoms with Crippen molar-refractivity contribution in [2.45, 2.75) is 44.8 Å². The molecule has 0 saturated heterocycles. The molecule has 1 atom stereocenters. The van der Waals surface area contributed by atoms with Crippen LogP contribution in [0.2, 0.25) is 0 Å². The first kappa shape index (κ1) is 24.2. The summed E-state index contributed by atoms with van der Waals surface area (Å²) in [5, 5.41) is 0. The first-order valence-corrected chi connectivity index (χ1v) is 11.7. The first-order chi connectivity index (χ1) is 16.6. The van der Waals surface area contributed by atoms with Crippen molar-refractivity contribution in [3.63, 3.8) is 0 Å². The smallest absolute Gasteiger partial charge is 0.306 e. The van der Waals surface area contributed by atoms with Gasteiger partial charge in [-0.2, -0.15) is 0 Å². The molecule has 3 aromatic rings. The lowest BCUT2D eigenvalue weighted by atomic mass is 9.81. The first-order valence-electron chi connectivity index (χ1n) is 11.7. The number of likely N-dealkylation sites (N-methyl/N-ethyl adjacent to an activating group) is 1. The number of nitrogens with two attached hydrogens (primary N) is 1. The number of aliphatic imine (C=N–C) groups is 1. The third kappa shape index (κ3) is 4.97. The number of rotatable bonds is 6. The Balaban J connectivity index is 1.67. The number of carbonyl (C=O) groups excluding carboxylic acids is 2. The molecule has 1 aliphatic heterocycles. The van der Waals surface area contributed by atoms with E-state index in [4.69, 9.17) is 10.5 Å². The molecule has 1 unspecified atom stereocenters. The average Bonchev–Trinajstić information content (AvgIpc) is 3.07. The summed E-state index contributed by atoms with van der Waals surface area (Å²) < 4.78 is 5.43. The zero-order chi connectivity index (χ0) is 25.2. The fourth-order valence-electron chi connectivity index (χ4n) is 4.33. The third-order valence-corrected chi connectivity index (χ3v) is 6.01. The normalized spacial score (nSPS) is 17.9. The highest BCUT2D eigenvalue weighted by Crippen LogP contribution is 2.40. The van der Waals surface area contributed by atoms with Crippen LogP contribution in [0, 0.1) is 0 Å². The van der Waals surface area contributed by atoms with Gasteiger partial charge in [-0.1, -0.05) is 72.8 Å². The zero-order valence-corrected chi connectivity index (χ0v) is 20.6. The second-order valence-corrected chi connectivity index (χ2v) is 9.78. The number of carbonyl (C=O) groups is 2. The minimum Gasteiger partial charge on any atom is -0.460 e. The van der Waals surface area contributed by atoms with Crippen molar-refractivity contribution in [3.8, 4) is 11.1 Å². The molecule has 6 nitrogen and oxygen atoms in total. The summed E-state index contributed by atoms with van der Waals surface area (Å²) in [5.74, 6) is -0.216. The number of aryl methyl sites for hydroxylation is 1. The van der Waals surface area contributed by atoms with Crippen LogP contribution < -0.4 is 5.73 Å². The van der Waals surface area contributed by atoms with Crippen molar-refractivity contribution < 1.29 is 14.3 Å². The number of benzene rings is 3. The number of nitrogens with zero attached hydrogens (tertiary/aromatic N) is 2. The summed E-state index contributed by atoms with van der Waals surface area (Å²) in [6, 6.07) is 25.4. The second-order valence-electron chi connectivity index (χ2n) is 9.78. The predicted molar refractivity (Wildman–Crippen MR) is 138 cm³/mol. The summed E-state index contributed by atoms with van der Waals surface area (Å²) in [5.41, 5.74) is 8.87. The van der Waals surface area contributed by atoms with E-state index < -0.39 is 11.1 Å². The molecular weight excluding hydrogens is 438 g/mol. The van der Waals surface area contributed by atoms with Gasteiger partial charge in [-0.15, -0.1) is 0 Å². The van der Waals surface area contributed by atoms with Gasteiger partial charge in [-0.25, -0.2) is 4.99 Å². The summed E-state index contributed by atoms with van der Waals surface area (Å²) in [4.78, 5) is 31.7. The number of esters is 1. The van der Waals surface area contributed by atoms with Crippen LogP contribution in [0.5, 0.6) is 0 Å². The molecule has 4 rings (SSSR count). The van der Waals surface area contributed by atoms with E-state index in [1.54, 1.807) is 7.05 Å². The van der Waals surface area contributed by atoms with Crippen LogP contribution in [0.25, 0.3) is 11.1 Å². The molecule has 0 saturated carbocycles. The van der Waals surface area contributed by atoms with Crippen molar-refractivity contribution in [3.05, 3.63) is 95.6 Å². The van der Waals surface area contributed by atoms with Gasteiger partial charge >= 0.3 is 5.97 Å². The summed E-state index contributed by atoms with van der Waals surface area (Å²) in [6.07, 6.45) is 0.896. The van der Waals surface area contributed by atoms with Crippen LogP contribution in [0.15, 0.2) is 83.9 Å². The van der Waals surface area contributed by atoms with Crippen molar-refractivity contribution >= 4 is 17.8 Å². The Labute approximate surface area is 206 Å². The molecule has 0 aromatic heterocycles. The van der Waals surface area contributed by atoms with Crippen molar-refractivity contribution in [1.82, 2.24) is 4.90 Å². The molecule has 1 amide bonds. The van der Waals surface area contributed by atoms with Crippen LogP contribution in [-0.4, -0.2) is 35.4 Å². The molecule has 0 spiro atoms. The molecule has 1 aliphatic rings. The van der Waals surface area contributed by atoms with Gasteiger partial charge in [0, 0.05) is 13.5 Å². The van der Waals surface area contributed by atoms with Crippen LogP contribution in [0.1, 0.15) is 43.9 Å². The molecule has 0 aliphatic carbocycles. The van der Waals surface area contributed by atoms with E-state index >= 15 is 0 Å². The van der Waals surface area contributed by atoms with Crippen LogP contribution >= 0.6 is 0 Å². The maximum Gasteiger partial charge on any atom is 0.306 e. The second kappa shape index (κ2) is 9.37. The molecule has 3 aromatic carbocycles. The summed E-state index contributed by atoms with van der Waals surface area (Å²) in [6.45, 7) is 5.60. The van der Waals surface area contributed by atoms with Crippen molar-refractivity contribution in [2.24, 2.45) is 10.7 Å². The van der Waals surface area contributed by atoms with Gasteiger partial charge in [0.25, 0.3) is 5.91 Å². The van der Waals surface area contributed by atoms with Gasteiger partial charge in [0.2, 0.25) is 0 Å². The van der Waals surface area contributed by atoms with E-state index in [0.29, 0.717) is 12.8 Å². The highest BCUT2D eigenvalue weighted by Gasteiger charge is 2.49. The Morgan fingerprint density at radius 3 is 2.20 bits per heavy atom. The highest BCUT2D eigenvalue weighted by molar-refractivity contribution is 6.09. The van der Waals surface area contributed by atoms with E-state index in [2.05, 4.69) is 11.1 Å². The molecule has 0 fully saturated rings. The topological polar surface area (TPSA) is 85.0 Å². The molecule has 1 heterocycles. The summed E-state index contributed by atoms with van der Waals surface area (Å²) >= 11 is 0. The van der Waals surface area contributed by atoms with Crippen molar-refractivity contribution in [2.75, 3.05) is 7.05 Å². The van der Waals surface area contributed by atoms with E-state index in [9.17, 15) is 9.59 Å². The van der Waals surface area contributed by atoms with Gasteiger partial charge in [-0.05, 0) is 61.1 Å². The Hall–Kier alpha value is -3.93. The fraction of sp³-hybridized carbons (Fsp3) is 0.276. The van der Waals surface area contributed by atoms with Gasteiger partial charge in [0.1, 0.15) is 5.60 Å². The van der Waals surface area contributed by atoms with E-state index in [-0.39, 0.29) is 17.8 Å². The maximum atomic E-state index is 13.5. The minimum atomic E-state index is -1.23. The third-order valence-electron chi connectivity index (χ3n) is 6.01. The minimum absolute atomic E-state index is 0.188. The summed E-state index contributed by atoms with van der Waals surface area (Å²) in [7, 11) is 1.64. The van der Waals surface area contributed by atoms with E-state index in [0.717, 1.165) is 27.8 Å². The number of amides is 1. The lowest BCUT2D eigenvalue weighted by molar-refractivity contribution is -0.154. The number of hydrogen-bond donors (Lipinski definition) is 1. The van der Waals surface area contributed by atoms with E-state index in [1.165, 1.54) is 4.90 Å². The SMILES string of the molecule is CN1C(=O)C(c2ccccc2)(c2cccc(-c3cccc(CCC(=O)OC(C)(C)C)c3)c2)N=C1N. The van der Waals surface area contributed by atoms with Crippen molar-refractivity contribution in [1.29, 1.82) is 0 Å². The fourth-order valence-corrected chi connectivity index (χ4v) is 4.33. The molecule has 6 heteroatoms. The molecule has 180 valence electrons. The van der Waals surface area contributed by atoms with Gasteiger partial charge in [0.05, 0.1) is 0 Å². The molecular formula is C29H31N3O3. The van der Waals surface area contributed by atoms with Gasteiger partial charge in [-0.3, -0.25) is 14.5 Å². The lowest BCUT2D eigenvalue weighted by Crippen LogP contribution is -2.41. The van der Waals surface area contributed by atoms with Gasteiger partial charge < -0.3 is 10.5 Å². The standard InChI is InChI=1S/C29H31N3O3/c1-28(2,3)35-25(33)17-16-20-10-8-11-21(18-20)22-12-9-15-24(19-22)29(23-13-6-5-7-14-23)26(34)32(4)27(30)31-29/h5-15,18-19H,16-17H2,1-4H3,(H2,30,31). The Morgan fingerprint density at radius 2 is 1.57 bits per heavy atom. The van der Waals surface area contributed by atoms with Crippen LogP contribution in [0.3, 0.4) is 0 Å². The Bertz CT molecular complexity index is 1280. The van der Waals surface area contributed by atoms with Crippen LogP contribution in [-0.2, 0) is 26.3 Å². The average molecular weight is 470 g/mol. The molecule has 35 heavy (non-hydrogen) atoms. The lowest BCUT2D eigenvalue weighted by Gasteiger charge is -2.26. The Kier molecular flexibility index (Phi) is 6.48. The number of hydrogen-bond acceptors (Lipinski definition) is 5. The molecule has 0 radical (unpaired) electrons. The molecule has 0 bridgehead atoms. The predicted octanol–water partition coefficient (Wildman–Crippen LogP) is 4.66. The largest absolute Gasteiger partial charge is 0.460 e.